The predicted octanol–water partition coefficient (Wildman–Crippen LogP) is 1.19. The van der Waals surface area contributed by atoms with E-state index in [1.165, 1.54) is 0 Å². The summed E-state index contributed by atoms with van der Waals surface area (Å²) in [6.07, 6.45) is 3.83. The fourth-order valence-corrected chi connectivity index (χ4v) is 1.89. The zero-order chi connectivity index (χ0) is 11.5. The van der Waals surface area contributed by atoms with Crippen molar-refractivity contribution in [3.8, 4) is 0 Å². The number of aliphatic hydroxyl groups excluding tert-OH is 2. The van der Waals surface area contributed by atoms with Crippen LogP contribution in [0.15, 0.2) is 12.3 Å². The lowest BCUT2D eigenvalue weighted by molar-refractivity contribution is 0.281. The van der Waals surface area contributed by atoms with E-state index in [1.54, 1.807) is 12.3 Å². The summed E-state index contributed by atoms with van der Waals surface area (Å²) in [4.78, 5) is 6.30. The summed E-state index contributed by atoms with van der Waals surface area (Å²) in [6.45, 7) is 0.589. The Hall–Kier alpha value is -0.840. The second-order valence-electron chi connectivity index (χ2n) is 3.94. The molecule has 0 aliphatic heterocycles. The summed E-state index contributed by atoms with van der Waals surface area (Å²) < 4.78 is 0. The highest BCUT2D eigenvalue weighted by atomic mass is 35.5. The van der Waals surface area contributed by atoms with Crippen LogP contribution in [-0.2, 0) is 6.61 Å². The third-order valence-electron chi connectivity index (χ3n) is 2.71. The van der Waals surface area contributed by atoms with Gasteiger partial charge in [0.2, 0.25) is 0 Å². The molecule has 0 aromatic carbocycles. The van der Waals surface area contributed by atoms with Crippen LogP contribution in [0.4, 0.5) is 5.82 Å². The van der Waals surface area contributed by atoms with Gasteiger partial charge in [-0.1, -0.05) is 11.6 Å². The Morgan fingerprint density at radius 2 is 2.19 bits per heavy atom. The van der Waals surface area contributed by atoms with Crippen molar-refractivity contribution in [1.82, 2.24) is 4.98 Å². The number of hydrogen-bond donors (Lipinski definition) is 2. The van der Waals surface area contributed by atoms with Crippen LogP contribution in [0, 0.1) is 0 Å². The highest BCUT2D eigenvalue weighted by Crippen LogP contribution is 2.31. The molecule has 1 heterocycles. The van der Waals surface area contributed by atoms with Gasteiger partial charge in [0.25, 0.3) is 0 Å². The second-order valence-corrected chi connectivity index (χ2v) is 4.35. The fraction of sp³-hybridized carbons (Fsp3) is 0.545. The number of hydrogen-bond acceptors (Lipinski definition) is 4. The monoisotopic (exact) mass is 242 g/mol. The molecule has 5 heteroatoms. The van der Waals surface area contributed by atoms with Gasteiger partial charge in [-0.25, -0.2) is 4.98 Å². The molecule has 88 valence electrons. The Balaban J connectivity index is 2.23. The van der Waals surface area contributed by atoms with E-state index in [0.717, 1.165) is 18.7 Å². The lowest BCUT2D eigenvalue weighted by atomic mass is 10.2. The summed E-state index contributed by atoms with van der Waals surface area (Å²) in [5.74, 6) is 0.782. The van der Waals surface area contributed by atoms with Gasteiger partial charge in [0.1, 0.15) is 5.82 Å². The molecule has 1 aliphatic carbocycles. The molecule has 1 aliphatic rings. The minimum atomic E-state index is -0.0913. The van der Waals surface area contributed by atoms with Crippen LogP contribution in [0.2, 0.25) is 5.02 Å². The van der Waals surface area contributed by atoms with Crippen molar-refractivity contribution in [2.24, 2.45) is 0 Å². The van der Waals surface area contributed by atoms with E-state index in [4.69, 9.17) is 21.8 Å². The number of halogens is 1. The highest BCUT2D eigenvalue weighted by Gasteiger charge is 2.29. The maximum Gasteiger partial charge on any atom is 0.129 e. The SMILES string of the molecule is OCCN(c1cc(CO)c(Cl)cn1)C1CC1. The van der Waals surface area contributed by atoms with Gasteiger partial charge in [-0.05, 0) is 18.9 Å². The van der Waals surface area contributed by atoms with Crippen LogP contribution in [0.5, 0.6) is 0 Å². The second kappa shape index (κ2) is 4.99. The van der Waals surface area contributed by atoms with Crippen LogP contribution >= 0.6 is 11.6 Å². The standard InChI is InChI=1S/C11H15ClN2O2/c12-10-6-13-11(5-8(10)7-16)14(3-4-15)9-1-2-9/h5-6,9,15-16H,1-4,7H2. The molecule has 4 nitrogen and oxygen atoms in total. The van der Waals surface area contributed by atoms with E-state index < -0.39 is 0 Å². The molecular weight excluding hydrogens is 228 g/mol. The van der Waals surface area contributed by atoms with E-state index in [-0.39, 0.29) is 13.2 Å². The average molecular weight is 243 g/mol. The van der Waals surface area contributed by atoms with E-state index in [0.29, 0.717) is 23.2 Å². The lowest BCUT2D eigenvalue weighted by Crippen LogP contribution is -2.29. The molecule has 16 heavy (non-hydrogen) atoms. The zero-order valence-electron chi connectivity index (χ0n) is 8.93. The number of rotatable bonds is 5. The minimum absolute atomic E-state index is 0.0913. The number of aliphatic hydroxyl groups is 2. The maximum atomic E-state index is 9.13. The Morgan fingerprint density at radius 3 is 2.75 bits per heavy atom. The number of aromatic nitrogens is 1. The molecule has 1 aromatic rings. The molecule has 2 rings (SSSR count). The van der Waals surface area contributed by atoms with Gasteiger partial charge in [0, 0.05) is 24.3 Å². The van der Waals surface area contributed by atoms with E-state index in [9.17, 15) is 0 Å². The van der Waals surface area contributed by atoms with E-state index in [2.05, 4.69) is 9.88 Å². The van der Waals surface area contributed by atoms with Gasteiger partial charge in [-0.15, -0.1) is 0 Å². The molecule has 0 spiro atoms. The first-order chi connectivity index (χ1) is 7.76. The van der Waals surface area contributed by atoms with Crippen LogP contribution < -0.4 is 4.90 Å². The molecule has 0 atom stereocenters. The molecule has 0 bridgehead atoms. The molecule has 1 fully saturated rings. The lowest BCUT2D eigenvalue weighted by Gasteiger charge is -2.23. The molecule has 1 aromatic heterocycles. The third-order valence-corrected chi connectivity index (χ3v) is 3.05. The summed E-state index contributed by atoms with van der Waals surface area (Å²) in [5, 5.41) is 18.6. The van der Waals surface area contributed by atoms with Crippen molar-refractivity contribution in [2.45, 2.75) is 25.5 Å². The Labute approximate surface area is 99.5 Å². The highest BCUT2D eigenvalue weighted by molar-refractivity contribution is 6.31. The first-order valence-corrected chi connectivity index (χ1v) is 5.77. The molecule has 1 saturated carbocycles. The summed E-state index contributed by atoms with van der Waals surface area (Å²) >= 11 is 5.88. The molecule has 0 saturated heterocycles. The third kappa shape index (κ3) is 2.45. The smallest absolute Gasteiger partial charge is 0.129 e. The molecule has 0 unspecified atom stereocenters. The van der Waals surface area contributed by atoms with Gasteiger partial charge in [-0.2, -0.15) is 0 Å². The van der Waals surface area contributed by atoms with Crippen LogP contribution in [0.1, 0.15) is 18.4 Å². The first kappa shape index (κ1) is 11.6. The Kier molecular flexibility index (Phi) is 3.63. The van der Waals surface area contributed by atoms with Crippen molar-refractivity contribution in [1.29, 1.82) is 0 Å². The number of nitrogens with zero attached hydrogens (tertiary/aromatic N) is 2. The van der Waals surface area contributed by atoms with Crippen molar-refractivity contribution < 1.29 is 10.2 Å². The minimum Gasteiger partial charge on any atom is -0.395 e. The Bertz CT molecular complexity index is 369. The molecule has 0 amide bonds. The summed E-state index contributed by atoms with van der Waals surface area (Å²) in [5.41, 5.74) is 0.676. The van der Waals surface area contributed by atoms with Crippen LogP contribution in [0.25, 0.3) is 0 Å². The van der Waals surface area contributed by atoms with Crippen LogP contribution in [-0.4, -0.2) is 34.4 Å². The summed E-state index contributed by atoms with van der Waals surface area (Å²) in [7, 11) is 0. The molecule has 0 radical (unpaired) electrons. The van der Waals surface area contributed by atoms with Crippen molar-refractivity contribution in [3.63, 3.8) is 0 Å². The topological polar surface area (TPSA) is 56.6 Å². The van der Waals surface area contributed by atoms with Crippen molar-refractivity contribution in [3.05, 3.63) is 22.8 Å². The predicted molar refractivity (Wildman–Crippen MR) is 62.6 cm³/mol. The first-order valence-electron chi connectivity index (χ1n) is 5.39. The molecular formula is C11H15ClN2O2. The largest absolute Gasteiger partial charge is 0.395 e. The van der Waals surface area contributed by atoms with Gasteiger partial charge in [0.05, 0.1) is 18.2 Å². The van der Waals surface area contributed by atoms with Crippen LogP contribution in [0.3, 0.4) is 0 Å². The van der Waals surface area contributed by atoms with Gasteiger partial charge in [-0.3, -0.25) is 0 Å². The average Bonchev–Trinajstić information content (AvgIpc) is 3.11. The normalized spacial score (nSPS) is 15.2. The van der Waals surface area contributed by atoms with E-state index >= 15 is 0 Å². The Morgan fingerprint density at radius 1 is 1.44 bits per heavy atom. The van der Waals surface area contributed by atoms with Crippen molar-refractivity contribution >= 4 is 17.4 Å². The van der Waals surface area contributed by atoms with Gasteiger partial charge >= 0.3 is 0 Å². The number of pyridine rings is 1. The number of anilines is 1. The van der Waals surface area contributed by atoms with E-state index in [1.807, 2.05) is 0 Å². The quantitative estimate of drug-likeness (QED) is 0.815. The summed E-state index contributed by atoms with van der Waals surface area (Å²) in [6, 6.07) is 2.27. The van der Waals surface area contributed by atoms with Gasteiger partial charge in [0.15, 0.2) is 0 Å². The molecule has 2 N–H and O–H groups in total. The van der Waals surface area contributed by atoms with Crippen molar-refractivity contribution in [2.75, 3.05) is 18.1 Å². The maximum absolute atomic E-state index is 9.13. The fourth-order valence-electron chi connectivity index (χ4n) is 1.72. The zero-order valence-corrected chi connectivity index (χ0v) is 9.69. The van der Waals surface area contributed by atoms with Gasteiger partial charge < -0.3 is 15.1 Å².